The molecule has 0 radical (unpaired) electrons. The van der Waals surface area contributed by atoms with Gasteiger partial charge >= 0.3 is 5.97 Å². The second-order valence-electron chi connectivity index (χ2n) is 6.42. The summed E-state index contributed by atoms with van der Waals surface area (Å²) in [5.41, 5.74) is 0.749. The van der Waals surface area contributed by atoms with Crippen molar-refractivity contribution in [1.29, 1.82) is 0 Å². The normalized spacial score (nSPS) is 15.9. The van der Waals surface area contributed by atoms with Crippen LogP contribution in [-0.4, -0.2) is 42.5 Å². The summed E-state index contributed by atoms with van der Waals surface area (Å²) in [4.78, 5) is 24.3. The fraction of sp³-hybridized carbons (Fsp3) is 0.421. The van der Waals surface area contributed by atoms with Crippen LogP contribution in [0.2, 0.25) is 0 Å². The molecule has 0 bridgehead atoms. The van der Waals surface area contributed by atoms with Gasteiger partial charge in [-0.1, -0.05) is 5.16 Å². The third-order valence-electron chi connectivity index (χ3n) is 4.64. The molecular formula is C19H22N2O6. The first-order valence-electron chi connectivity index (χ1n) is 8.76. The number of benzene rings is 1. The lowest BCUT2D eigenvalue weighted by molar-refractivity contribution is -0.128. The highest BCUT2D eigenvalue weighted by atomic mass is 16.5. The Bertz CT molecular complexity index is 808. The van der Waals surface area contributed by atoms with Gasteiger partial charge in [0.2, 0.25) is 5.91 Å². The number of aromatic carboxylic acids is 1. The summed E-state index contributed by atoms with van der Waals surface area (Å²) >= 11 is 0. The van der Waals surface area contributed by atoms with Crippen molar-refractivity contribution in [2.24, 2.45) is 5.92 Å². The summed E-state index contributed by atoms with van der Waals surface area (Å²) in [6.45, 7) is 2.79. The molecule has 0 spiro atoms. The van der Waals surface area contributed by atoms with Gasteiger partial charge in [0.25, 0.3) is 0 Å². The molecule has 1 unspecified atom stereocenters. The number of carboxylic acid groups (broad SMARTS) is 1. The van der Waals surface area contributed by atoms with Crippen molar-refractivity contribution in [1.82, 2.24) is 10.5 Å². The molecule has 1 saturated heterocycles. The van der Waals surface area contributed by atoms with Crippen LogP contribution >= 0.6 is 0 Å². The number of carbonyl (C=O) groups excluding carboxylic acids is 1. The van der Waals surface area contributed by atoms with Gasteiger partial charge in [-0.2, -0.15) is 0 Å². The minimum Gasteiger partial charge on any atom is -0.497 e. The predicted molar refractivity (Wildman–Crippen MR) is 95.6 cm³/mol. The number of carbonyl (C=O) groups is 2. The Labute approximate surface area is 156 Å². The zero-order chi connectivity index (χ0) is 19.4. The molecule has 1 aliphatic rings. The van der Waals surface area contributed by atoms with Gasteiger partial charge < -0.3 is 24.4 Å². The molecule has 2 N–H and O–H groups in total. The quantitative estimate of drug-likeness (QED) is 0.799. The highest BCUT2D eigenvalue weighted by Crippen LogP contribution is 2.30. The first kappa shape index (κ1) is 18.9. The Morgan fingerprint density at radius 3 is 2.52 bits per heavy atom. The summed E-state index contributed by atoms with van der Waals surface area (Å²) < 4.78 is 15.7. The van der Waals surface area contributed by atoms with Crippen molar-refractivity contribution in [3.8, 4) is 17.0 Å². The van der Waals surface area contributed by atoms with Crippen LogP contribution in [0.4, 0.5) is 0 Å². The number of ether oxygens (including phenoxy) is 2. The average Bonchev–Trinajstić information content (AvgIpc) is 3.14. The van der Waals surface area contributed by atoms with Gasteiger partial charge in [-0.15, -0.1) is 0 Å². The molecule has 0 aliphatic carbocycles. The number of methoxy groups -OCH3 is 1. The molecule has 3 rings (SSSR count). The molecule has 8 heteroatoms. The number of nitrogens with zero attached hydrogens (tertiary/aromatic N) is 1. The number of rotatable bonds is 6. The Balaban J connectivity index is 1.83. The second kappa shape index (κ2) is 8.22. The molecule has 2 heterocycles. The van der Waals surface area contributed by atoms with Gasteiger partial charge in [0, 0.05) is 24.7 Å². The first-order chi connectivity index (χ1) is 13.0. The van der Waals surface area contributed by atoms with Crippen molar-refractivity contribution in [3.63, 3.8) is 0 Å². The summed E-state index contributed by atoms with van der Waals surface area (Å²) in [5, 5.41) is 16.4. The van der Waals surface area contributed by atoms with E-state index in [-0.39, 0.29) is 28.8 Å². The first-order valence-corrected chi connectivity index (χ1v) is 8.76. The summed E-state index contributed by atoms with van der Waals surface area (Å²) in [6.07, 6.45) is 1.30. The summed E-state index contributed by atoms with van der Waals surface area (Å²) in [5.74, 6) is -0.669. The maximum absolute atomic E-state index is 12.4. The van der Waals surface area contributed by atoms with E-state index in [0.717, 1.165) is 0 Å². The number of aromatic nitrogens is 1. The Morgan fingerprint density at radius 1 is 1.26 bits per heavy atom. The summed E-state index contributed by atoms with van der Waals surface area (Å²) in [6, 6.07) is 6.22. The van der Waals surface area contributed by atoms with Crippen molar-refractivity contribution >= 4 is 11.9 Å². The minimum atomic E-state index is -1.16. The van der Waals surface area contributed by atoms with Crippen molar-refractivity contribution in [3.05, 3.63) is 35.6 Å². The maximum atomic E-state index is 12.4. The number of nitrogens with one attached hydrogen (secondary N) is 1. The third kappa shape index (κ3) is 4.11. The smallest absolute Gasteiger partial charge is 0.341 e. The van der Waals surface area contributed by atoms with E-state index < -0.39 is 12.0 Å². The standard InChI is InChI=1S/C19H22N2O6/c1-11(20-18(22)13-7-9-26-10-8-13)17-15(19(23)24)16(21-27-17)12-3-5-14(25-2)6-4-12/h3-6,11,13H,7-10H2,1-2H3,(H,20,22)(H,23,24). The SMILES string of the molecule is COc1ccc(-c2noc(C(C)NC(=O)C3CCOCC3)c2C(=O)O)cc1. The van der Waals surface area contributed by atoms with E-state index in [1.165, 1.54) is 0 Å². The lowest BCUT2D eigenvalue weighted by atomic mass is 9.98. The molecule has 144 valence electrons. The van der Waals surface area contributed by atoms with Crippen molar-refractivity contribution in [2.75, 3.05) is 20.3 Å². The average molecular weight is 374 g/mol. The van der Waals surface area contributed by atoms with Crippen LogP contribution in [0, 0.1) is 5.92 Å². The van der Waals surface area contributed by atoms with E-state index in [9.17, 15) is 14.7 Å². The van der Waals surface area contributed by atoms with Crippen LogP contribution in [0.5, 0.6) is 5.75 Å². The number of hydrogen-bond acceptors (Lipinski definition) is 6. The monoisotopic (exact) mass is 374 g/mol. The van der Waals surface area contributed by atoms with Crippen molar-refractivity contribution < 1.29 is 28.7 Å². The van der Waals surface area contributed by atoms with Gasteiger partial charge in [0.05, 0.1) is 13.2 Å². The number of amides is 1. The zero-order valence-electron chi connectivity index (χ0n) is 15.2. The Hall–Kier alpha value is -2.87. The lowest BCUT2D eigenvalue weighted by Crippen LogP contribution is -2.36. The molecule has 8 nitrogen and oxygen atoms in total. The predicted octanol–water partition coefficient (Wildman–Crippen LogP) is 2.65. The summed E-state index contributed by atoms with van der Waals surface area (Å²) in [7, 11) is 1.55. The van der Waals surface area contributed by atoms with Crippen LogP contribution < -0.4 is 10.1 Å². The molecule has 27 heavy (non-hydrogen) atoms. The fourth-order valence-corrected chi connectivity index (χ4v) is 3.11. The zero-order valence-corrected chi connectivity index (χ0v) is 15.2. The van der Waals surface area contributed by atoms with E-state index in [0.29, 0.717) is 37.4 Å². The van der Waals surface area contributed by atoms with Gasteiger partial charge in [0.15, 0.2) is 5.76 Å². The van der Waals surface area contributed by atoms with E-state index in [1.54, 1.807) is 38.3 Å². The van der Waals surface area contributed by atoms with Crippen molar-refractivity contribution in [2.45, 2.75) is 25.8 Å². The number of carboxylic acids is 1. The van der Waals surface area contributed by atoms with Crippen LogP contribution in [-0.2, 0) is 9.53 Å². The topological polar surface area (TPSA) is 111 Å². The molecule has 1 fully saturated rings. The highest BCUT2D eigenvalue weighted by molar-refractivity contribution is 5.96. The molecule has 1 atom stereocenters. The molecule has 1 aromatic heterocycles. The van der Waals surface area contributed by atoms with Gasteiger partial charge in [-0.05, 0) is 44.0 Å². The minimum absolute atomic E-state index is 0.0556. The van der Waals surface area contributed by atoms with Crippen LogP contribution in [0.25, 0.3) is 11.3 Å². The van der Waals surface area contributed by atoms with E-state index in [4.69, 9.17) is 14.0 Å². The maximum Gasteiger partial charge on any atom is 0.341 e. The molecule has 0 saturated carbocycles. The van der Waals surface area contributed by atoms with Gasteiger partial charge in [-0.3, -0.25) is 4.79 Å². The van der Waals surface area contributed by atoms with Crippen LogP contribution in [0.3, 0.4) is 0 Å². The van der Waals surface area contributed by atoms with E-state index >= 15 is 0 Å². The van der Waals surface area contributed by atoms with Crippen LogP contribution in [0.1, 0.15) is 41.9 Å². The largest absolute Gasteiger partial charge is 0.497 e. The molecule has 1 amide bonds. The fourth-order valence-electron chi connectivity index (χ4n) is 3.11. The number of hydrogen-bond donors (Lipinski definition) is 2. The van der Waals surface area contributed by atoms with E-state index in [1.807, 2.05) is 0 Å². The Kier molecular flexibility index (Phi) is 5.75. The molecule has 2 aromatic rings. The molecule has 1 aromatic carbocycles. The Morgan fingerprint density at radius 2 is 1.93 bits per heavy atom. The van der Waals surface area contributed by atoms with E-state index in [2.05, 4.69) is 10.5 Å². The second-order valence-corrected chi connectivity index (χ2v) is 6.42. The van der Waals surface area contributed by atoms with Gasteiger partial charge in [0.1, 0.15) is 17.0 Å². The lowest BCUT2D eigenvalue weighted by Gasteiger charge is -2.22. The third-order valence-corrected chi connectivity index (χ3v) is 4.64. The highest BCUT2D eigenvalue weighted by Gasteiger charge is 2.30. The molecule has 1 aliphatic heterocycles. The molecular weight excluding hydrogens is 352 g/mol. The van der Waals surface area contributed by atoms with Gasteiger partial charge in [-0.25, -0.2) is 4.79 Å². The van der Waals surface area contributed by atoms with Crippen LogP contribution in [0.15, 0.2) is 28.8 Å².